The van der Waals surface area contributed by atoms with Gasteiger partial charge in [0.25, 0.3) is 0 Å². The number of nitrogens with zero attached hydrogens (tertiary/aromatic N) is 2. The number of anilines is 1. The van der Waals surface area contributed by atoms with E-state index in [1.807, 2.05) is 20.8 Å². The Morgan fingerprint density at radius 1 is 1.57 bits per heavy atom. The fourth-order valence-electron chi connectivity index (χ4n) is 2.49. The molecule has 1 aliphatic heterocycles. The minimum absolute atomic E-state index is 0.0960. The number of carbonyl (C=O) groups is 1. The molecule has 1 fully saturated rings. The maximum Gasteiger partial charge on any atom is 0.410 e. The average Bonchev–Trinajstić information content (AvgIpc) is 2.92. The average molecular weight is 342 g/mol. The molecule has 2 N–H and O–H groups in total. The molecule has 0 aromatic carbocycles. The van der Waals surface area contributed by atoms with Gasteiger partial charge >= 0.3 is 6.09 Å². The largest absolute Gasteiger partial charge is 0.444 e. The van der Waals surface area contributed by atoms with Crippen LogP contribution in [0.15, 0.2) is 12.3 Å². The van der Waals surface area contributed by atoms with Crippen LogP contribution in [0, 0.1) is 5.92 Å². The molecule has 0 aliphatic carbocycles. The normalized spacial score (nSPS) is 18.1. The molecule has 0 spiro atoms. The zero-order chi connectivity index (χ0) is 17.0. The van der Waals surface area contributed by atoms with Gasteiger partial charge in [0.2, 0.25) is 0 Å². The maximum absolute atomic E-state index is 12.1. The Labute approximate surface area is 141 Å². The second-order valence-electron chi connectivity index (χ2n) is 6.78. The van der Waals surface area contributed by atoms with Crippen LogP contribution >= 0.6 is 11.6 Å². The van der Waals surface area contributed by atoms with Gasteiger partial charge in [0.05, 0.1) is 6.61 Å². The van der Waals surface area contributed by atoms with Crippen molar-refractivity contribution in [1.82, 2.24) is 9.88 Å². The number of nitrogens with one attached hydrogen (secondary N) is 1. The van der Waals surface area contributed by atoms with Crippen molar-refractivity contribution in [3.63, 3.8) is 0 Å². The summed E-state index contributed by atoms with van der Waals surface area (Å²) in [6.07, 6.45) is 2.22. The zero-order valence-electron chi connectivity index (χ0n) is 13.8. The number of hydrogen-bond acceptors (Lipinski definition) is 5. The van der Waals surface area contributed by atoms with Gasteiger partial charge in [-0.25, -0.2) is 9.78 Å². The molecule has 1 unspecified atom stereocenters. The first-order valence-electron chi connectivity index (χ1n) is 7.75. The minimum atomic E-state index is -0.475. The lowest BCUT2D eigenvalue weighted by molar-refractivity contribution is 0.0289. The van der Waals surface area contributed by atoms with E-state index >= 15 is 0 Å². The van der Waals surface area contributed by atoms with Crippen molar-refractivity contribution in [3.8, 4) is 0 Å². The van der Waals surface area contributed by atoms with Crippen molar-refractivity contribution in [3.05, 3.63) is 23.0 Å². The number of halogens is 1. The molecule has 23 heavy (non-hydrogen) atoms. The SMILES string of the molecule is CC(C)(C)OC(=O)N1CCC(CNc2cc(Cl)ncc2CO)C1. The monoisotopic (exact) mass is 341 g/mol. The summed E-state index contributed by atoms with van der Waals surface area (Å²) < 4.78 is 5.39. The van der Waals surface area contributed by atoms with Crippen LogP contribution in [0.4, 0.5) is 10.5 Å². The van der Waals surface area contributed by atoms with Crippen LogP contribution < -0.4 is 5.32 Å². The Hall–Kier alpha value is -1.53. The lowest BCUT2D eigenvalue weighted by Gasteiger charge is -2.24. The molecule has 1 aromatic rings. The second kappa shape index (κ2) is 7.36. The second-order valence-corrected chi connectivity index (χ2v) is 7.17. The molecule has 1 atom stereocenters. The molecular formula is C16H24ClN3O3. The third-order valence-corrected chi connectivity index (χ3v) is 3.85. The highest BCUT2D eigenvalue weighted by Gasteiger charge is 2.29. The Balaban J connectivity index is 1.87. The van der Waals surface area contributed by atoms with E-state index in [0.717, 1.165) is 12.1 Å². The number of carbonyl (C=O) groups excluding carboxylic acids is 1. The predicted molar refractivity (Wildman–Crippen MR) is 89.6 cm³/mol. The highest BCUT2D eigenvalue weighted by atomic mass is 35.5. The Kier molecular flexibility index (Phi) is 5.70. The van der Waals surface area contributed by atoms with E-state index in [9.17, 15) is 9.90 Å². The molecule has 0 saturated carbocycles. The van der Waals surface area contributed by atoms with Gasteiger partial charge in [-0.15, -0.1) is 0 Å². The zero-order valence-corrected chi connectivity index (χ0v) is 14.6. The fraction of sp³-hybridized carbons (Fsp3) is 0.625. The first kappa shape index (κ1) is 17.8. The van der Waals surface area contributed by atoms with Gasteiger partial charge in [0, 0.05) is 37.1 Å². The van der Waals surface area contributed by atoms with Crippen LogP contribution in [0.5, 0.6) is 0 Å². The molecule has 1 aromatic heterocycles. The van der Waals surface area contributed by atoms with Crippen LogP contribution in [0.1, 0.15) is 32.8 Å². The van der Waals surface area contributed by atoms with E-state index in [1.165, 1.54) is 0 Å². The van der Waals surface area contributed by atoms with Crippen LogP contribution in [0.25, 0.3) is 0 Å². The summed E-state index contributed by atoms with van der Waals surface area (Å²) >= 11 is 5.89. The summed E-state index contributed by atoms with van der Waals surface area (Å²) in [7, 11) is 0. The standard InChI is InChI=1S/C16H24ClN3O3/c1-16(2,3)23-15(22)20-5-4-11(9-20)7-18-13-6-14(17)19-8-12(13)10-21/h6,8,11,21H,4-5,7,9-10H2,1-3H3,(H,18,19). The van der Waals surface area contributed by atoms with Crippen LogP contribution in [-0.4, -0.2) is 46.3 Å². The van der Waals surface area contributed by atoms with E-state index in [1.54, 1.807) is 17.2 Å². The number of hydrogen-bond donors (Lipinski definition) is 2. The van der Waals surface area contributed by atoms with Crippen molar-refractivity contribution >= 4 is 23.4 Å². The lowest BCUT2D eigenvalue weighted by Crippen LogP contribution is -2.35. The molecule has 1 saturated heterocycles. The summed E-state index contributed by atoms with van der Waals surface area (Å²) in [4.78, 5) is 17.7. The highest BCUT2D eigenvalue weighted by Crippen LogP contribution is 2.23. The van der Waals surface area contributed by atoms with Gasteiger partial charge in [-0.05, 0) is 39.2 Å². The van der Waals surface area contributed by atoms with Gasteiger partial charge in [0.15, 0.2) is 0 Å². The van der Waals surface area contributed by atoms with Crippen molar-refractivity contribution in [2.24, 2.45) is 5.92 Å². The van der Waals surface area contributed by atoms with E-state index in [4.69, 9.17) is 16.3 Å². The highest BCUT2D eigenvalue weighted by molar-refractivity contribution is 6.29. The molecule has 0 radical (unpaired) electrons. The summed E-state index contributed by atoms with van der Waals surface area (Å²) in [5.74, 6) is 0.334. The lowest BCUT2D eigenvalue weighted by atomic mass is 10.1. The summed E-state index contributed by atoms with van der Waals surface area (Å²) in [5.41, 5.74) is 1.01. The van der Waals surface area contributed by atoms with Gasteiger partial charge in [-0.2, -0.15) is 0 Å². The van der Waals surface area contributed by atoms with Gasteiger partial charge < -0.3 is 20.1 Å². The molecule has 128 valence electrons. The third-order valence-electron chi connectivity index (χ3n) is 3.64. The number of rotatable bonds is 4. The van der Waals surface area contributed by atoms with E-state index in [2.05, 4.69) is 10.3 Å². The van der Waals surface area contributed by atoms with Gasteiger partial charge in [-0.3, -0.25) is 0 Å². The molecule has 2 heterocycles. The van der Waals surface area contributed by atoms with E-state index in [-0.39, 0.29) is 12.7 Å². The summed E-state index contributed by atoms with van der Waals surface area (Å²) in [6.45, 7) is 7.56. The number of likely N-dealkylation sites (tertiary alicyclic amines) is 1. The van der Waals surface area contributed by atoms with Crippen LogP contribution in [0.3, 0.4) is 0 Å². The smallest absolute Gasteiger partial charge is 0.410 e. The van der Waals surface area contributed by atoms with Crippen LogP contribution in [0.2, 0.25) is 5.15 Å². The van der Waals surface area contributed by atoms with Gasteiger partial charge in [-0.1, -0.05) is 11.6 Å². The number of amides is 1. The first-order chi connectivity index (χ1) is 10.8. The number of pyridine rings is 1. The third kappa shape index (κ3) is 5.25. The van der Waals surface area contributed by atoms with E-state index < -0.39 is 5.60 Å². The van der Waals surface area contributed by atoms with Gasteiger partial charge in [0.1, 0.15) is 10.8 Å². The first-order valence-corrected chi connectivity index (χ1v) is 8.13. The quantitative estimate of drug-likeness (QED) is 0.824. The molecule has 2 rings (SSSR count). The molecule has 7 heteroatoms. The predicted octanol–water partition coefficient (Wildman–Crippen LogP) is 2.90. The molecule has 1 amide bonds. The molecule has 1 aliphatic rings. The number of aliphatic hydroxyl groups is 1. The van der Waals surface area contributed by atoms with Crippen molar-refractivity contribution in [2.75, 3.05) is 25.0 Å². The Morgan fingerprint density at radius 3 is 2.96 bits per heavy atom. The summed E-state index contributed by atoms with van der Waals surface area (Å²) in [5, 5.41) is 13.0. The fourth-order valence-corrected chi connectivity index (χ4v) is 2.65. The number of aromatic nitrogens is 1. The van der Waals surface area contributed by atoms with Crippen molar-refractivity contribution < 1.29 is 14.6 Å². The van der Waals surface area contributed by atoms with E-state index in [0.29, 0.717) is 36.3 Å². The molecule has 6 nitrogen and oxygen atoms in total. The number of aliphatic hydroxyl groups excluding tert-OH is 1. The number of ether oxygens (including phenoxy) is 1. The Morgan fingerprint density at radius 2 is 2.30 bits per heavy atom. The summed E-state index contributed by atoms with van der Waals surface area (Å²) in [6, 6.07) is 1.70. The maximum atomic E-state index is 12.1. The minimum Gasteiger partial charge on any atom is -0.444 e. The topological polar surface area (TPSA) is 74.7 Å². The van der Waals surface area contributed by atoms with Crippen LogP contribution in [-0.2, 0) is 11.3 Å². The van der Waals surface area contributed by atoms with Crippen molar-refractivity contribution in [1.29, 1.82) is 0 Å². The van der Waals surface area contributed by atoms with Crippen molar-refractivity contribution in [2.45, 2.75) is 39.4 Å². The molecule has 0 bridgehead atoms. The molecular weight excluding hydrogens is 318 g/mol. The Bertz CT molecular complexity index is 560.